The number of halogens is 5. The smallest absolute Gasteiger partial charge is 0.333 e. The van der Waals surface area contributed by atoms with Gasteiger partial charge in [-0.15, -0.1) is 5.10 Å². The van der Waals surface area contributed by atoms with Gasteiger partial charge >= 0.3 is 6.55 Å². The first kappa shape index (κ1) is 29.6. The zero-order valence-corrected chi connectivity index (χ0v) is 24.4. The molecule has 44 heavy (non-hydrogen) atoms. The molecule has 15 heteroatoms. The molecular weight excluding hydrogens is 622 g/mol. The summed E-state index contributed by atoms with van der Waals surface area (Å²) < 4.78 is 50.8. The minimum absolute atomic E-state index is 0.00285. The third kappa shape index (κ3) is 5.48. The molecule has 10 nitrogen and oxygen atoms in total. The van der Waals surface area contributed by atoms with Crippen LogP contribution in [0.5, 0.6) is 0 Å². The zero-order valence-electron chi connectivity index (χ0n) is 22.8. The lowest BCUT2D eigenvalue weighted by Crippen LogP contribution is -2.22. The first-order chi connectivity index (χ1) is 21.1. The van der Waals surface area contributed by atoms with Gasteiger partial charge in [0.2, 0.25) is 5.91 Å². The van der Waals surface area contributed by atoms with Gasteiger partial charge in [0, 0.05) is 40.9 Å². The molecule has 0 radical (unpaired) electrons. The molecule has 0 fully saturated rings. The molecule has 5 heterocycles. The standard InChI is InChI=1S/C29H22Cl2F3N7O3/c1-14-3-2-4-16(19-9-15(7-8-35-19)27-20(37-28(14)43)11-36-41(27)29(33)34)17-13-44-23(10-22(17)42)25-21(6-5-18(30)26(25)32)40-12-24(31)38-39-40/h5-14,16,29H,2-4H2,1H3,(H,37,43). The number of benzene rings is 1. The molecule has 2 atom stereocenters. The molecule has 2 bridgehead atoms. The van der Waals surface area contributed by atoms with Crippen LogP contribution in [0.1, 0.15) is 49.9 Å². The number of hydrogen-bond acceptors (Lipinski definition) is 7. The van der Waals surface area contributed by atoms with Crippen LogP contribution in [-0.4, -0.2) is 35.7 Å². The quantitative estimate of drug-likeness (QED) is 0.227. The van der Waals surface area contributed by atoms with Crippen LogP contribution in [-0.2, 0) is 4.79 Å². The molecule has 4 aromatic heterocycles. The Kier molecular flexibility index (Phi) is 7.99. The van der Waals surface area contributed by atoms with Crippen molar-refractivity contribution >= 4 is 34.8 Å². The van der Waals surface area contributed by atoms with Gasteiger partial charge in [0.15, 0.2) is 16.4 Å². The summed E-state index contributed by atoms with van der Waals surface area (Å²) in [5.41, 5.74) is 0.651. The minimum atomic E-state index is -2.97. The van der Waals surface area contributed by atoms with Crippen LogP contribution in [0.3, 0.4) is 0 Å². The van der Waals surface area contributed by atoms with Gasteiger partial charge in [-0.2, -0.15) is 13.9 Å². The Hall–Kier alpha value is -4.49. The van der Waals surface area contributed by atoms with E-state index in [1.807, 2.05) is 0 Å². The molecule has 1 amide bonds. The van der Waals surface area contributed by atoms with E-state index in [0.29, 0.717) is 35.2 Å². The van der Waals surface area contributed by atoms with Crippen molar-refractivity contribution in [1.82, 2.24) is 29.8 Å². The van der Waals surface area contributed by atoms with Crippen molar-refractivity contribution in [1.29, 1.82) is 0 Å². The van der Waals surface area contributed by atoms with Crippen LogP contribution in [0.15, 0.2) is 64.4 Å². The highest BCUT2D eigenvalue weighted by molar-refractivity contribution is 6.31. The lowest BCUT2D eigenvalue weighted by molar-refractivity contribution is -0.119. The lowest BCUT2D eigenvalue weighted by Gasteiger charge is -2.20. The van der Waals surface area contributed by atoms with E-state index < -0.39 is 29.6 Å². The predicted molar refractivity (Wildman–Crippen MR) is 156 cm³/mol. The first-order valence-electron chi connectivity index (χ1n) is 13.4. The number of carbonyl (C=O) groups is 1. The number of carbonyl (C=O) groups excluding carboxylic acids is 1. The van der Waals surface area contributed by atoms with E-state index in [-0.39, 0.29) is 50.0 Å². The fourth-order valence-corrected chi connectivity index (χ4v) is 5.57. The van der Waals surface area contributed by atoms with Crippen molar-refractivity contribution in [3.8, 4) is 28.3 Å². The maximum Gasteiger partial charge on any atom is 0.333 e. The topological polar surface area (TPSA) is 121 Å². The molecule has 6 rings (SSSR count). The Labute approximate surface area is 257 Å². The number of amides is 1. The molecule has 1 aliphatic rings. The van der Waals surface area contributed by atoms with Gasteiger partial charge in [-0.3, -0.25) is 14.6 Å². The zero-order chi connectivity index (χ0) is 31.1. The summed E-state index contributed by atoms with van der Waals surface area (Å²) in [6, 6.07) is 7.06. The van der Waals surface area contributed by atoms with Gasteiger partial charge in [-0.1, -0.05) is 41.8 Å². The largest absolute Gasteiger partial charge is 0.464 e. The Balaban J connectivity index is 1.47. The first-order valence-corrected chi connectivity index (χ1v) is 14.2. The highest BCUT2D eigenvalue weighted by atomic mass is 35.5. The third-order valence-electron chi connectivity index (χ3n) is 7.49. The molecule has 226 valence electrons. The monoisotopic (exact) mass is 643 g/mol. The number of alkyl halides is 2. The van der Waals surface area contributed by atoms with E-state index in [2.05, 4.69) is 25.7 Å². The van der Waals surface area contributed by atoms with Crippen molar-refractivity contribution in [2.75, 3.05) is 5.32 Å². The molecule has 0 saturated carbocycles. The molecule has 2 unspecified atom stereocenters. The van der Waals surface area contributed by atoms with Crippen molar-refractivity contribution < 1.29 is 22.4 Å². The molecule has 1 aliphatic heterocycles. The molecule has 0 spiro atoms. The van der Waals surface area contributed by atoms with Crippen molar-refractivity contribution in [2.24, 2.45) is 5.92 Å². The summed E-state index contributed by atoms with van der Waals surface area (Å²) in [5.74, 6) is -2.41. The van der Waals surface area contributed by atoms with Gasteiger partial charge in [-0.25, -0.2) is 13.8 Å². The second-order valence-electron chi connectivity index (χ2n) is 10.3. The summed E-state index contributed by atoms with van der Waals surface area (Å²) in [5, 5.41) is 13.9. The minimum Gasteiger partial charge on any atom is -0.464 e. The van der Waals surface area contributed by atoms with Gasteiger partial charge in [0.25, 0.3) is 0 Å². The van der Waals surface area contributed by atoms with E-state index in [1.54, 1.807) is 13.0 Å². The normalized spacial score (nSPS) is 17.1. The number of pyridine rings is 1. The van der Waals surface area contributed by atoms with E-state index in [9.17, 15) is 18.4 Å². The maximum absolute atomic E-state index is 15.4. The molecule has 1 aromatic carbocycles. The summed E-state index contributed by atoms with van der Waals surface area (Å²) >= 11 is 12.0. The Morgan fingerprint density at radius 3 is 2.68 bits per heavy atom. The fourth-order valence-electron chi connectivity index (χ4n) is 5.29. The van der Waals surface area contributed by atoms with Gasteiger partial charge in [0.1, 0.15) is 5.76 Å². The maximum atomic E-state index is 15.4. The molecular formula is C29H22Cl2F3N7O3. The SMILES string of the molecule is CC1CCCC(c2coc(-c3c(-n4cc(Cl)nn4)ccc(Cl)c3F)cc2=O)c2cc(ccn2)-c2c(cnn2C(F)F)NC1=O. The molecule has 0 saturated heterocycles. The molecule has 0 aliphatic carbocycles. The van der Waals surface area contributed by atoms with Crippen molar-refractivity contribution in [3.05, 3.63) is 92.7 Å². The Morgan fingerprint density at radius 1 is 1.14 bits per heavy atom. The fraction of sp³-hybridized carbons (Fsp3) is 0.241. The summed E-state index contributed by atoms with van der Waals surface area (Å²) in [6.45, 7) is -1.24. The number of hydrogen-bond donors (Lipinski definition) is 1. The average Bonchev–Trinajstić information content (AvgIpc) is 3.62. The predicted octanol–water partition coefficient (Wildman–Crippen LogP) is 6.88. The van der Waals surface area contributed by atoms with Crippen LogP contribution in [0.2, 0.25) is 10.2 Å². The van der Waals surface area contributed by atoms with Gasteiger partial charge < -0.3 is 9.73 Å². The Morgan fingerprint density at radius 2 is 1.95 bits per heavy atom. The summed E-state index contributed by atoms with van der Waals surface area (Å²) in [4.78, 5) is 31.0. The second-order valence-corrected chi connectivity index (χ2v) is 11.1. The summed E-state index contributed by atoms with van der Waals surface area (Å²) in [7, 11) is 0. The Bertz CT molecular complexity index is 1940. The highest BCUT2D eigenvalue weighted by Crippen LogP contribution is 2.37. The number of rotatable bonds is 4. The van der Waals surface area contributed by atoms with Gasteiger partial charge in [0.05, 0.1) is 46.3 Å². The summed E-state index contributed by atoms with van der Waals surface area (Å²) in [6.07, 6.45) is 6.55. The van der Waals surface area contributed by atoms with Crippen LogP contribution < -0.4 is 10.7 Å². The van der Waals surface area contributed by atoms with Crippen molar-refractivity contribution in [3.63, 3.8) is 0 Å². The lowest BCUT2D eigenvalue weighted by atomic mass is 9.88. The third-order valence-corrected chi connectivity index (χ3v) is 7.96. The van der Waals surface area contributed by atoms with Crippen LogP contribution in [0.4, 0.5) is 18.9 Å². The van der Waals surface area contributed by atoms with E-state index in [1.165, 1.54) is 47.7 Å². The van der Waals surface area contributed by atoms with Crippen LogP contribution in [0, 0.1) is 11.7 Å². The van der Waals surface area contributed by atoms with Crippen LogP contribution in [0.25, 0.3) is 28.3 Å². The number of nitrogens with one attached hydrogen (secondary N) is 1. The van der Waals surface area contributed by atoms with Crippen molar-refractivity contribution in [2.45, 2.75) is 38.7 Å². The molecule has 1 N–H and O–H groups in total. The average molecular weight is 644 g/mol. The van der Waals surface area contributed by atoms with E-state index in [0.717, 1.165) is 6.07 Å². The number of nitrogens with zero attached hydrogens (tertiary/aromatic N) is 6. The number of fused-ring (bicyclic) bond motifs is 4. The highest BCUT2D eigenvalue weighted by Gasteiger charge is 2.27. The second kappa shape index (κ2) is 11.9. The van der Waals surface area contributed by atoms with E-state index >= 15 is 4.39 Å². The number of anilines is 1. The molecule has 5 aromatic rings. The number of aromatic nitrogens is 6. The van der Waals surface area contributed by atoms with E-state index in [4.69, 9.17) is 27.6 Å². The van der Waals surface area contributed by atoms with Gasteiger partial charge in [-0.05, 0) is 37.1 Å². The van der Waals surface area contributed by atoms with Crippen LogP contribution >= 0.6 is 23.2 Å².